The van der Waals surface area contributed by atoms with Crippen LogP contribution in [0.2, 0.25) is 0 Å². The van der Waals surface area contributed by atoms with E-state index in [0.29, 0.717) is 18.4 Å². The topological polar surface area (TPSA) is 45.7 Å². The number of rotatable bonds is 6. The van der Waals surface area contributed by atoms with Crippen molar-refractivity contribution in [3.63, 3.8) is 0 Å². The van der Waals surface area contributed by atoms with E-state index in [-0.39, 0.29) is 12.0 Å². The van der Waals surface area contributed by atoms with Gasteiger partial charge in [-0.15, -0.1) is 0 Å². The maximum atomic E-state index is 12.5. The number of carbonyl (C=O) groups excluding carboxylic acids is 1. The number of carbonyl (C=O) groups is 1. The van der Waals surface area contributed by atoms with Crippen molar-refractivity contribution in [3.05, 3.63) is 30.1 Å². The van der Waals surface area contributed by atoms with E-state index in [2.05, 4.69) is 23.0 Å². The second-order valence-electron chi connectivity index (χ2n) is 7.56. The molecule has 0 N–H and O–H groups in total. The van der Waals surface area contributed by atoms with Gasteiger partial charge in [-0.05, 0) is 63.2 Å². The molecule has 2 saturated heterocycles. The van der Waals surface area contributed by atoms with Crippen molar-refractivity contribution in [2.75, 3.05) is 33.8 Å². The molecule has 1 unspecified atom stereocenters. The molecule has 0 aromatic carbocycles. The Morgan fingerprint density at radius 3 is 3.00 bits per heavy atom. The maximum absolute atomic E-state index is 12.5. The first-order valence-corrected chi connectivity index (χ1v) is 9.61. The zero-order valence-electron chi connectivity index (χ0n) is 15.6. The Balaban J connectivity index is 1.52. The van der Waals surface area contributed by atoms with Crippen molar-refractivity contribution < 1.29 is 9.53 Å². The van der Waals surface area contributed by atoms with Gasteiger partial charge in [-0.25, -0.2) is 0 Å². The highest BCUT2D eigenvalue weighted by molar-refractivity contribution is 5.75. The monoisotopic (exact) mass is 345 g/mol. The highest BCUT2D eigenvalue weighted by atomic mass is 16.5. The quantitative estimate of drug-likeness (QED) is 0.795. The second-order valence-corrected chi connectivity index (χ2v) is 7.56. The van der Waals surface area contributed by atoms with E-state index in [1.807, 2.05) is 30.4 Å². The molecule has 0 saturated carbocycles. The molecular weight excluding hydrogens is 314 g/mol. The van der Waals surface area contributed by atoms with Crippen LogP contribution >= 0.6 is 0 Å². The van der Waals surface area contributed by atoms with Crippen LogP contribution in [-0.2, 0) is 9.53 Å². The number of hydrogen-bond donors (Lipinski definition) is 0. The summed E-state index contributed by atoms with van der Waals surface area (Å²) in [5, 5.41) is 0. The molecule has 2 fully saturated rings. The first-order valence-electron chi connectivity index (χ1n) is 9.61. The molecule has 3 heterocycles. The number of ether oxygens (including phenoxy) is 1. The van der Waals surface area contributed by atoms with Gasteiger partial charge in [-0.1, -0.05) is 6.07 Å². The van der Waals surface area contributed by atoms with Crippen molar-refractivity contribution >= 4 is 5.91 Å². The first kappa shape index (κ1) is 18.3. The lowest BCUT2D eigenvalue weighted by Crippen LogP contribution is -2.35. The minimum atomic E-state index is 0.244. The number of pyridine rings is 1. The lowest BCUT2D eigenvalue weighted by Gasteiger charge is -2.29. The van der Waals surface area contributed by atoms with Gasteiger partial charge < -0.3 is 9.64 Å². The van der Waals surface area contributed by atoms with Gasteiger partial charge in [0.05, 0.1) is 6.10 Å². The number of aromatic nitrogens is 1. The summed E-state index contributed by atoms with van der Waals surface area (Å²) in [4.78, 5) is 21.1. The van der Waals surface area contributed by atoms with E-state index in [4.69, 9.17) is 4.74 Å². The van der Waals surface area contributed by atoms with Crippen LogP contribution in [0.5, 0.6) is 0 Å². The third-order valence-corrected chi connectivity index (χ3v) is 5.69. The van der Waals surface area contributed by atoms with E-state index in [1.54, 1.807) is 0 Å². The van der Waals surface area contributed by atoms with Crippen LogP contribution < -0.4 is 0 Å². The Kier molecular flexibility index (Phi) is 6.43. The molecule has 3 atom stereocenters. The normalized spacial score (nSPS) is 27.4. The predicted molar refractivity (Wildman–Crippen MR) is 98.2 cm³/mol. The largest absolute Gasteiger partial charge is 0.378 e. The van der Waals surface area contributed by atoms with E-state index >= 15 is 0 Å². The molecule has 0 aliphatic carbocycles. The Labute approximate surface area is 151 Å². The highest BCUT2D eigenvalue weighted by Crippen LogP contribution is 2.36. The molecule has 2 aliphatic rings. The fourth-order valence-electron chi connectivity index (χ4n) is 4.26. The van der Waals surface area contributed by atoms with Crippen LogP contribution in [0, 0.1) is 5.92 Å². The van der Waals surface area contributed by atoms with Crippen molar-refractivity contribution in [3.8, 4) is 0 Å². The summed E-state index contributed by atoms with van der Waals surface area (Å²) in [5.41, 5.74) is 1.25. The Morgan fingerprint density at radius 1 is 1.40 bits per heavy atom. The lowest BCUT2D eigenvalue weighted by molar-refractivity contribution is -0.131. The number of amides is 1. The molecule has 5 nitrogen and oxygen atoms in total. The molecule has 1 aromatic heterocycles. The molecule has 25 heavy (non-hydrogen) atoms. The molecule has 0 radical (unpaired) electrons. The van der Waals surface area contributed by atoms with Crippen LogP contribution in [0.15, 0.2) is 24.5 Å². The van der Waals surface area contributed by atoms with Crippen LogP contribution in [0.1, 0.15) is 50.1 Å². The third kappa shape index (κ3) is 4.79. The molecule has 0 bridgehead atoms. The zero-order valence-corrected chi connectivity index (χ0v) is 15.6. The van der Waals surface area contributed by atoms with Gasteiger partial charge in [0.1, 0.15) is 0 Å². The average molecular weight is 345 g/mol. The standard InChI is InChI=1S/C20H31N3O2/c1-22-12-10-17(20(22)16-6-5-11-21-14-16)15-23(2)19(24)9-8-18-7-3-4-13-25-18/h5-6,11,14,17-18,20H,3-4,7-10,12-13,15H2,1-2H3/t17-,18?,20-/m0/s1. The zero-order chi connectivity index (χ0) is 17.6. The molecule has 1 amide bonds. The minimum absolute atomic E-state index is 0.244. The number of likely N-dealkylation sites (tertiary alicyclic amines) is 1. The summed E-state index contributed by atoms with van der Waals surface area (Å²) in [6, 6.07) is 4.50. The van der Waals surface area contributed by atoms with Crippen LogP contribution in [-0.4, -0.2) is 60.6 Å². The lowest BCUT2D eigenvalue weighted by atomic mass is 9.94. The third-order valence-electron chi connectivity index (χ3n) is 5.69. The summed E-state index contributed by atoms with van der Waals surface area (Å²) in [6.07, 6.45) is 10.1. The smallest absolute Gasteiger partial charge is 0.222 e. The van der Waals surface area contributed by atoms with Gasteiger partial charge in [0.15, 0.2) is 0 Å². The fourth-order valence-corrected chi connectivity index (χ4v) is 4.26. The van der Waals surface area contributed by atoms with Crippen LogP contribution in [0.3, 0.4) is 0 Å². The molecule has 1 aromatic rings. The van der Waals surface area contributed by atoms with Gasteiger partial charge in [0, 0.05) is 45.1 Å². The summed E-state index contributed by atoms with van der Waals surface area (Å²) >= 11 is 0. The molecule has 2 aliphatic heterocycles. The number of nitrogens with zero attached hydrogens (tertiary/aromatic N) is 3. The molecule has 3 rings (SSSR count). The second kappa shape index (κ2) is 8.77. The fraction of sp³-hybridized carbons (Fsp3) is 0.700. The summed E-state index contributed by atoms with van der Waals surface area (Å²) in [6.45, 7) is 2.74. The van der Waals surface area contributed by atoms with Gasteiger partial charge in [0.2, 0.25) is 5.91 Å². The summed E-state index contributed by atoms with van der Waals surface area (Å²) < 4.78 is 5.75. The molecule has 5 heteroatoms. The Bertz CT molecular complexity index is 545. The van der Waals surface area contributed by atoms with E-state index < -0.39 is 0 Å². The van der Waals surface area contributed by atoms with E-state index in [1.165, 1.54) is 12.0 Å². The van der Waals surface area contributed by atoms with Gasteiger partial charge in [-0.2, -0.15) is 0 Å². The highest BCUT2D eigenvalue weighted by Gasteiger charge is 2.34. The SMILES string of the molecule is CN(C[C@@H]1CCN(C)[C@H]1c1cccnc1)C(=O)CCC1CCCCO1. The molecule has 138 valence electrons. The van der Waals surface area contributed by atoms with Crippen molar-refractivity contribution in [2.24, 2.45) is 5.92 Å². The van der Waals surface area contributed by atoms with Gasteiger partial charge >= 0.3 is 0 Å². The average Bonchev–Trinajstić information content (AvgIpc) is 3.01. The Hall–Kier alpha value is -1.46. The van der Waals surface area contributed by atoms with Crippen LogP contribution in [0.4, 0.5) is 0 Å². The summed E-state index contributed by atoms with van der Waals surface area (Å²) in [5.74, 6) is 0.711. The maximum Gasteiger partial charge on any atom is 0.222 e. The van der Waals surface area contributed by atoms with E-state index in [9.17, 15) is 4.79 Å². The van der Waals surface area contributed by atoms with Gasteiger partial charge in [0.25, 0.3) is 0 Å². The van der Waals surface area contributed by atoms with Gasteiger partial charge in [-0.3, -0.25) is 14.7 Å². The minimum Gasteiger partial charge on any atom is -0.378 e. The van der Waals surface area contributed by atoms with Crippen LogP contribution in [0.25, 0.3) is 0 Å². The molecular formula is C20H31N3O2. The van der Waals surface area contributed by atoms with Crippen molar-refractivity contribution in [1.82, 2.24) is 14.8 Å². The Morgan fingerprint density at radius 2 is 2.28 bits per heavy atom. The first-order chi connectivity index (χ1) is 12.1. The van der Waals surface area contributed by atoms with Crippen molar-refractivity contribution in [2.45, 2.75) is 50.7 Å². The van der Waals surface area contributed by atoms with E-state index in [0.717, 1.165) is 45.4 Å². The number of hydrogen-bond acceptors (Lipinski definition) is 4. The predicted octanol–water partition coefficient (Wildman–Crippen LogP) is 2.88. The van der Waals surface area contributed by atoms with Crippen molar-refractivity contribution in [1.29, 1.82) is 0 Å². The summed E-state index contributed by atoms with van der Waals surface area (Å²) in [7, 11) is 4.11. The molecule has 0 spiro atoms.